The zero-order valence-electron chi connectivity index (χ0n) is 13.6. The van der Waals surface area contributed by atoms with Crippen LogP contribution in [0.25, 0.3) is 11.2 Å². The molecular formula is C14H15N7O6. The molecule has 0 saturated carbocycles. The van der Waals surface area contributed by atoms with Crippen LogP contribution in [0.4, 0.5) is 17.3 Å². The third-order valence-corrected chi connectivity index (χ3v) is 4.49. The van der Waals surface area contributed by atoms with Gasteiger partial charge in [-0.25, -0.2) is 4.98 Å². The van der Waals surface area contributed by atoms with E-state index in [1.54, 1.807) is 0 Å². The van der Waals surface area contributed by atoms with Crippen LogP contribution in [-0.4, -0.2) is 54.6 Å². The molecule has 0 bridgehead atoms. The minimum atomic E-state index is -1.37. The molecule has 4 unspecified atom stereocenters. The Morgan fingerprint density at radius 3 is 2.67 bits per heavy atom. The molecule has 13 heteroatoms. The molecule has 0 spiro atoms. The third-order valence-electron chi connectivity index (χ3n) is 4.49. The van der Waals surface area contributed by atoms with E-state index in [9.17, 15) is 24.6 Å². The summed E-state index contributed by atoms with van der Waals surface area (Å²) in [4.78, 5) is 44.6. The molecule has 13 nitrogen and oxygen atoms in total. The van der Waals surface area contributed by atoms with Gasteiger partial charge in [0.1, 0.15) is 29.7 Å². The summed E-state index contributed by atoms with van der Waals surface area (Å²) in [7, 11) is 0. The Bertz CT molecular complexity index is 1160. The number of aromatic nitrogens is 4. The Balaban J connectivity index is 1.58. The molecular weight excluding hydrogens is 362 g/mol. The van der Waals surface area contributed by atoms with Crippen molar-refractivity contribution in [2.75, 3.05) is 23.3 Å². The predicted molar refractivity (Wildman–Crippen MR) is 92.7 cm³/mol. The molecule has 3 aromatic rings. The summed E-state index contributed by atoms with van der Waals surface area (Å²) < 4.78 is 6.92. The average Bonchev–Trinajstić information content (AvgIpc) is 3.17. The molecule has 27 heavy (non-hydrogen) atoms. The van der Waals surface area contributed by atoms with Gasteiger partial charge in [-0.05, 0) is 0 Å². The van der Waals surface area contributed by atoms with Crippen molar-refractivity contribution in [3.63, 3.8) is 0 Å². The second kappa shape index (κ2) is 5.87. The zero-order chi connectivity index (χ0) is 19.5. The Labute approximate surface area is 148 Å². The molecule has 1 fully saturated rings. The normalized spacial score (nSPS) is 25.4. The molecule has 0 aliphatic carbocycles. The molecule has 1 saturated heterocycles. The molecule has 8 N–H and O–H groups in total. The first-order valence-corrected chi connectivity index (χ1v) is 7.86. The smallest absolute Gasteiger partial charge is 0.280 e. The number of hydrogen-bond acceptors (Lipinski definition) is 11. The molecule has 142 valence electrons. The quantitative estimate of drug-likeness (QED) is 0.247. The van der Waals surface area contributed by atoms with Crippen LogP contribution in [0.5, 0.6) is 0 Å². The van der Waals surface area contributed by atoms with E-state index in [4.69, 9.17) is 16.2 Å². The summed E-state index contributed by atoms with van der Waals surface area (Å²) in [6, 6.07) is 0. The van der Waals surface area contributed by atoms with E-state index >= 15 is 0 Å². The van der Waals surface area contributed by atoms with Gasteiger partial charge in [0, 0.05) is 6.54 Å². The van der Waals surface area contributed by atoms with Gasteiger partial charge < -0.3 is 31.7 Å². The van der Waals surface area contributed by atoms with Gasteiger partial charge in [0.05, 0.1) is 6.33 Å². The zero-order valence-corrected chi connectivity index (χ0v) is 13.6. The van der Waals surface area contributed by atoms with Crippen molar-refractivity contribution in [1.29, 1.82) is 0 Å². The van der Waals surface area contributed by atoms with E-state index in [1.807, 2.05) is 0 Å². The van der Waals surface area contributed by atoms with E-state index in [-0.39, 0.29) is 35.0 Å². The molecule has 4 atom stereocenters. The molecule has 1 aromatic carbocycles. The van der Waals surface area contributed by atoms with E-state index in [1.165, 1.54) is 10.9 Å². The van der Waals surface area contributed by atoms with Crippen LogP contribution >= 0.6 is 0 Å². The van der Waals surface area contributed by atoms with Gasteiger partial charge in [0.15, 0.2) is 17.4 Å². The van der Waals surface area contributed by atoms with Gasteiger partial charge in [0.2, 0.25) is 5.95 Å². The van der Waals surface area contributed by atoms with Crippen molar-refractivity contribution in [3.05, 3.63) is 37.1 Å². The number of H-pyrrole nitrogens is 1. The summed E-state index contributed by atoms with van der Waals surface area (Å²) in [6.45, 7) is -0.0907. The predicted octanol–water partition coefficient (Wildman–Crippen LogP) is -3.39. The molecule has 3 heterocycles. The first-order chi connectivity index (χ1) is 12.8. The number of hydrogen-bond donors (Lipinski definition) is 6. The van der Waals surface area contributed by atoms with E-state index in [2.05, 4.69) is 20.3 Å². The van der Waals surface area contributed by atoms with Crippen LogP contribution in [-0.2, 0) is 4.74 Å². The average molecular weight is 377 g/mol. The lowest BCUT2D eigenvalue weighted by atomic mass is 10.1. The molecule has 2 aromatic heterocycles. The minimum absolute atomic E-state index is 0.00688. The number of anilines is 3. The van der Waals surface area contributed by atoms with Gasteiger partial charge in [0.25, 0.3) is 16.4 Å². The van der Waals surface area contributed by atoms with E-state index in [0.29, 0.717) is 0 Å². The van der Waals surface area contributed by atoms with Crippen molar-refractivity contribution < 1.29 is 14.9 Å². The van der Waals surface area contributed by atoms with Crippen LogP contribution < -0.4 is 33.2 Å². The maximum Gasteiger partial charge on any atom is 0.280 e. The summed E-state index contributed by atoms with van der Waals surface area (Å²) in [6.07, 6.45) is -3.51. The number of rotatable bonds is 4. The molecule has 0 amide bonds. The fraction of sp³-hybridized carbons (Fsp3) is 0.357. The Morgan fingerprint density at radius 1 is 1.22 bits per heavy atom. The standard InChI is InChI=1S/C14H15N7O6/c15-4-5(9(24)8(4)23)17-1-3-7(22)10(25)13(27-3)21-2-18-6-11(21)19-14(16)20-12(6)26/h2-3,7,10,13,17,22,25H,1,15H2,(H3,16,19,20,26). The number of aliphatic hydroxyl groups is 2. The van der Waals surface area contributed by atoms with Crippen LogP contribution in [0, 0.1) is 0 Å². The van der Waals surface area contributed by atoms with Crippen molar-refractivity contribution in [1.82, 2.24) is 19.5 Å². The number of nitrogens with two attached hydrogens (primary N) is 2. The molecule has 1 aliphatic rings. The highest BCUT2D eigenvalue weighted by Gasteiger charge is 2.44. The van der Waals surface area contributed by atoms with Gasteiger partial charge in [-0.1, -0.05) is 0 Å². The lowest BCUT2D eigenvalue weighted by Crippen LogP contribution is -2.40. The lowest BCUT2D eigenvalue weighted by molar-refractivity contribution is -0.0312. The fourth-order valence-corrected chi connectivity index (χ4v) is 3.04. The Hall–Kier alpha value is -3.29. The number of imidazole rings is 1. The van der Waals surface area contributed by atoms with Gasteiger partial charge in [-0.15, -0.1) is 0 Å². The van der Waals surface area contributed by atoms with Gasteiger partial charge in [-0.3, -0.25) is 23.9 Å². The van der Waals surface area contributed by atoms with Crippen LogP contribution in [0.3, 0.4) is 0 Å². The maximum atomic E-state index is 11.9. The maximum absolute atomic E-state index is 11.9. The highest BCUT2D eigenvalue weighted by molar-refractivity contribution is 5.71. The van der Waals surface area contributed by atoms with Crippen molar-refractivity contribution >= 4 is 28.5 Å². The minimum Gasteiger partial charge on any atom is -0.394 e. The Kier molecular flexibility index (Phi) is 3.73. The number of nitrogens with one attached hydrogen (secondary N) is 2. The monoisotopic (exact) mass is 377 g/mol. The first kappa shape index (κ1) is 17.1. The second-order valence-electron chi connectivity index (χ2n) is 6.15. The van der Waals surface area contributed by atoms with Crippen LogP contribution in [0.15, 0.2) is 20.7 Å². The van der Waals surface area contributed by atoms with Crippen LogP contribution in [0.2, 0.25) is 0 Å². The number of aromatic amines is 1. The second-order valence-corrected chi connectivity index (χ2v) is 6.15. The van der Waals surface area contributed by atoms with E-state index < -0.39 is 41.0 Å². The van der Waals surface area contributed by atoms with E-state index in [0.717, 1.165) is 0 Å². The highest BCUT2D eigenvalue weighted by Crippen LogP contribution is 2.31. The number of ether oxygens (including phenoxy) is 1. The van der Waals surface area contributed by atoms with Gasteiger partial charge >= 0.3 is 0 Å². The topological polar surface area (TPSA) is 211 Å². The summed E-state index contributed by atoms with van der Waals surface area (Å²) in [5.74, 6) is -0.143. The number of fused-ring (bicyclic) bond motifs is 1. The molecule has 4 rings (SSSR count). The summed E-state index contributed by atoms with van der Waals surface area (Å²) in [5.41, 5.74) is 8.70. The fourth-order valence-electron chi connectivity index (χ4n) is 3.04. The number of nitrogen functional groups attached to an aromatic ring is 2. The van der Waals surface area contributed by atoms with Crippen molar-refractivity contribution in [3.8, 4) is 0 Å². The third kappa shape index (κ3) is 2.48. The summed E-state index contributed by atoms with van der Waals surface area (Å²) >= 11 is 0. The summed E-state index contributed by atoms with van der Waals surface area (Å²) in [5, 5.41) is 23.2. The Morgan fingerprint density at radius 2 is 1.96 bits per heavy atom. The first-order valence-electron chi connectivity index (χ1n) is 7.86. The largest absolute Gasteiger partial charge is 0.394 e. The van der Waals surface area contributed by atoms with Crippen molar-refractivity contribution in [2.45, 2.75) is 24.5 Å². The SMILES string of the molecule is Nc1nc2c(ncn2C2OC(CNc3c(N)c(=O)c3=O)C(O)C2O)c(=O)[nH]1. The highest BCUT2D eigenvalue weighted by atomic mass is 16.6. The molecule has 1 aliphatic heterocycles. The van der Waals surface area contributed by atoms with Gasteiger partial charge in [-0.2, -0.15) is 4.98 Å². The lowest BCUT2D eigenvalue weighted by Gasteiger charge is -2.17. The van der Waals surface area contributed by atoms with Crippen molar-refractivity contribution in [2.24, 2.45) is 0 Å². The number of nitrogens with zero attached hydrogens (tertiary/aromatic N) is 3. The number of aliphatic hydroxyl groups excluding tert-OH is 2. The van der Waals surface area contributed by atoms with Crippen LogP contribution in [0.1, 0.15) is 6.23 Å². The molecule has 0 radical (unpaired) electrons.